The van der Waals surface area contributed by atoms with Crippen LogP contribution in [0.5, 0.6) is 5.75 Å². The van der Waals surface area contributed by atoms with Crippen LogP contribution < -0.4 is 16.1 Å². The van der Waals surface area contributed by atoms with E-state index in [9.17, 15) is 4.79 Å². The molecule has 3 heterocycles. The van der Waals surface area contributed by atoms with Crippen molar-refractivity contribution >= 4 is 21.6 Å². The average molecular weight is 413 g/mol. The van der Waals surface area contributed by atoms with Gasteiger partial charge in [0.1, 0.15) is 17.2 Å². The molecule has 0 bridgehead atoms. The van der Waals surface area contributed by atoms with Gasteiger partial charge in [0.15, 0.2) is 5.82 Å². The van der Waals surface area contributed by atoms with E-state index in [1.807, 2.05) is 12.1 Å². The van der Waals surface area contributed by atoms with Crippen LogP contribution in [0.1, 0.15) is 49.5 Å². The number of rotatable bonds is 4. The third-order valence-corrected chi connectivity index (χ3v) is 6.70. The highest BCUT2D eigenvalue weighted by Crippen LogP contribution is 2.32. The first kappa shape index (κ1) is 19.9. The molecule has 0 atom stereocenters. The summed E-state index contributed by atoms with van der Waals surface area (Å²) in [7, 11) is 0. The number of hydrogen-bond donors (Lipinski definition) is 1. The molecule has 154 valence electrons. The van der Waals surface area contributed by atoms with Crippen molar-refractivity contribution < 1.29 is 4.74 Å². The number of benzene rings is 1. The first-order valence-electron chi connectivity index (χ1n) is 10.0. The molecule has 29 heavy (non-hydrogen) atoms. The lowest BCUT2D eigenvalue weighted by Crippen LogP contribution is -2.33. The summed E-state index contributed by atoms with van der Waals surface area (Å²) in [6.07, 6.45) is 0.871. The predicted octanol–water partition coefficient (Wildman–Crippen LogP) is 3.43. The minimum atomic E-state index is -0.181. The summed E-state index contributed by atoms with van der Waals surface area (Å²) in [6, 6.07) is 8.02. The van der Waals surface area contributed by atoms with E-state index in [-0.39, 0.29) is 17.6 Å². The summed E-state index contributed by atoms with van der Waals surface area (Å²) in [5, 5.41) is 0.682. The molecule has 0 saturated heterocycles. The smallest absolute Gasteiger partial charge is 0.281 e. The molecule has 0 amide bonds. The van der Waals surface area contributed by atoms with Crippen molar-refractivity contribution in [3.05, 3.63) is 56.4 Å². The maximum atomic E-state index is 12.9. The van der Waals surface area contributed by atoms with Gasteiger partial charge in [0.25, 0.3) is 5.56 Å². The first-order valence-corrected chi connectivity index (χ1v) is 10.9. The van der Waals surface area contributed by atoms with Gasteiger partial charge in [-0.3, -0.25) is 9.69 Å². The van der Waals surface area contributed by atoms with Crippen molar-refractivity contribution in [2.45, 2.75) is 52.7 Å². The van der Waals surface area contributed by atoms with Crippen molar-refractivity contribution in [3.8, 4) is 5.75 Å². The quantitative estimate of drug-likeness (QED) is 0.665. The summed E-state index contributed by atoms with van der Waals surface area (Å²) >= 11 is 1.61. The van der Waals surface area contributed by atoms with Crippen molar-refractivity contribution in [3.63, 3.8) is 0 Å². The van der Waals surface area contributed by atoms with E-state index < -0.39 is 0 Å². The Morgan fingerprint density at radius 2 is 1.97 bits per heavy atom. The second-order valence-electron chi connectivity index (χ2n) is 8.57. The lowest BCUT2D eigenvalue weighted by atomic mass is 9.87. The Bertz CT molecular complexity index is 1090. The number of fused-ring (bicyclic) bond motifs is 3. The van der Waals surface area contributed by atoms with E-state index in [1.165, 1.54) is 10.4 Å². The Morgan fingerprint density at radius 1 is 1.24 bits per heavy atom. The van der Waals surface area contributed by atoms with Crippen LogP contribution in [0.3, 0.4) is 0 Å². The SMILES string of the molecule is CCN1CCc2c(sc3nc(COc4ccc(C(C)(C)C)cc4)n(N)c(=O)c23)C1. The molecule has 4 rings (SSSR count). The molecular weight excluding hydrogens is 384 g/mol. The Hall–Kier alpha value is -2.38. The second-order valence-corrected chi connectivity index (χ2v) is 9.65. The van der Waals surface area contributed by atoms with Crippen LogP contribution in [-0.4, -0.2) is 27.6 Å². The third-order valence-electron chi connectivity index (χ3n) is 5.59. The predicted molar refractivity (Wildman–Crippen MR) is 118 cm³/mol. The molecule has 3 aromatic rings. The molecule has 0 aliphatic carbocycles. The van der Waals surface area contributed by atoms with Crippen LogP contribution in [-0.2, 0) is 25.0 Å². The molecule has 0 fully saturated rings. The molecule has 1 aliphatic heterocycles. The van der Waals surface area contributed by atoms with E-state index in [1.54, 1.807) is 11.3 Å². The summed E-state index contributed by atoms with van der Waals surface area (Å²) in [5.41, 5.74) is 2.27. The summed E-state index contributed by atoms with van der Waals surface area (Å²) < 4.78 is 7.02. The van der Waals surface area contributed by atoms with Crippen LogP contribution in [0.4, 0.5) is 0 Å². The minimum absolute atomic E-state index is 0.0918. The van der Waals surface area contributed by atoms with Gasteiger partial charge in [-0.1, -0.05) is 39.8 Å². The summed E-state index contributed by atoms with van der Waals surface area (Å²) in [4.78, 5) is 22.0. The molecule has 2 aromatic heterocycles. The van der Waals surface area contributed by atoms with Crippen molar-refractivity contribution in [1.29, 1.82) is 0 Å². The van der Waals surface area contributed by atoms with Gasteiger partial charge >= 0.3 is 0 Å². The number of nitrogens with two attached hydrogens (primary N) is 1. The van der Waals surface area contributed by atoms with Crippen LogP contribution in [0, 0.1) is 0 Å². The van der Waals surface area contributed by atoms with Gasteiger partial charge in [0.05, 0.1) is 5.39 Å². The number of likely N-dealkylation sites (N-methyl/N-ethyl adjacent to an activating group) is 1. The minimum Gasteiger partial charge on any atom is -0.486 e. The largest absolute Gasteiger partial charge is 0.486 e. The molecule has 2 N–H and O–H groups in total. The number of nitrogens with zero attached hydrogens (tertiary/aromatic N) is 3. The van der Waals surface area contributed by atoms with Crippen LogP contribution in [0.15, 0.2) is 29.1 Å². The van der Waals surface area contributed by atoms with Gasteiger partial charge in [-0.2, -0.15) is 0 Å². The zero-order valence-corrected chi connectivity index (χ0v) is 18.3. The number of hydrogen-bond acceptors (Lipinski definition) is 6. The highest BCUT2D eigenvalue weighted by Gasteiger charge is 2.24. The Kier molecular flexibility index (Phi) is 5.12. The summed E-state index contributed by atoms with van der Waals surface area (Å²) in [6.45, 7) is 11.7. The number of thiophene rings is 1. The van der Waals surface area contributed by atoms with Crippen molar-refractivity contribution in [2.75, 3.05) is 18.9 Å². The highest BCUT2D eigenvalue weighted by atomic mass is 32.1. The Labute approximate surface area is 174 Å². The first-order chi connectivity index (χ1) is 13.8. The van der Waals surface area contributed by atoms with Gasteiger partial charge < -0.3 is 10.6 Å². The second kappa shape index (κ2) is 7.46. The van der Waals surface area contributed by atoms with Gasteiger partial charge in [-0.25, -0.2) is 9.66 Å². The number of ether oxygens (including phenoxy) is 1. The fraction of sp³-hybridized carbons (Fsp3) is 0.455. The van der Waals surface area contributed by atoms with Crippen LogP contribution >= 0.6 is 11.3 Å². The monoisotopic (exact) mass is 412 g/mol. The topological polar surface area (TPSA) is 73.4 Å². The molecule has 0 radical (unpaired) electrons. The van der Waals surface area contributed by atoms with E-state index in [0.29, 0.717) is 11.2 Å². The molecule has 0 saturated carbocycles. The molecule has 1 aromatic carbocycles. The number of aromatic nitrogens is 2. The van der Waals surface area contributed by atoms with E-state index in [4.69, 9.17) is 10.6 Å². The van der Waals surface area contributed by atoms with Gasteiger partial charge in [-0.05, 0) is 41.6 Å². The molecule has 6 nitrogen and oxygen atoms in total. The molecule has 0 spiro atoms. The lowest BCUT2D eigenvalue weighted by Gasteiger charge is -2.24. The Balaban J connectivity index is 1.60. The zero-order valence-electron chi connectivity index (χ0n) is 17.5. The number of nitrogen functional groups attached to an aromatic ring is 1. The highest BCUT2D eigenvalue weighted by molar-refractivity contribution is 7.18. The summed E-state index contributed by atoms with van der Waals surface area (Å²) in [5.74, 6) is 7.27. The normalized spacial score (nSPS) is 14.9. The Morgan fingerprint density at radius 3 is 2.62 bits per heavy atom. The lowest BCUT2D eigenvalue weighted by molar-refractivity contribution is 0.272. The van der Waals surface area contributed by atoms with Gasteiger partial charge in [0.2, 0.25) is 0 Å². The van der Waals surface area contributed by atoms with Crippen LogP contribution in [0.2, 0.25) is 0 Å². The van der Waals surface area contributed by atoms with Crippen LogP contribution in [0.25, 0.3) is 10.2 Å². The molecule has 7 heteroatoms. The van der Waals surface area contributed by atoms with E-state index in [0.717, 1.165) is 46.9 Å². The molecule has 1 aliphatic rings. The molecular formula is C22H28N4O2S. The zero-order chi connectivity index (χ0) is 20.8. The van der Waals surface area contributed by atoms with Crippen molar-refractivity contribution in [2.24, 2.45) is 0 Å². The maximum absolute atomic E-state index is 12.9. The maximum Gasteiger partial charge on any atom is 0.281 e. The average Bonchev–Trinajstić information content (AvgIpc) is 3.06. The van der Waals surface area contributed by atoms with Crippen molar-refractivity contribution in [1.82, 2.24) is 14.6 Å². The standard InChI is InChI=1S/C22H28N4O2S/c1-5-25-11-10-16-17(12-25)29-20-19(16)21(27)26(23)18(24-20)13-28-15-8-6-14(7-9-15)22(2,3)4/h6-9H,5,10-13,23H2,1-4H3. The van der Waals surface area contributed by atoms with Gasteiger partial charge in [0, 0.05) is 18.0 Å². The van der Waals surface area contributed by atoms with E-state index in [2.05, 4.69) is 49.7 Å². The van der Waals surface area contributed by atoms with E-state index >= 15 is 0 Å². The third kappa shape index (κ3) is 3.76. The fourth-order valence-electron chi connectivity index (χ4n) is 3.72. The fourth-order valence-corrected chi connectivity index (χ4v) is 4.99. The molecule has 0 unspecified atom stereocenters. The van der Waals surface area contributed by atoms with Gasteiger partial charge in [-0.15, -0.1) is 11.3 Å².